The predicted octanol–water partition coefficient (Wildman–Crippen LogP) is 2.58. The van der Waals surface area contributed by atoms with Crippen molar-refractivity contribution in [3.63, 3.8) is 0 Å². The van der Waals surface area contributed by atoms with Crippen LogP contribution in [0.5, 0.6) is 0 Å². The molecule has 1 aromatic carbocycles. The number of nitrogens with one attached hydrogen (secondary N) is 1. The molecule has 1 amide bonds. The minimum absolute atomic E-state index is 0.0539. The highest BCUT2D eigenvalue weighted by molar-refractivity contribution is 6.33. The van der Waals surface area contributed by atoms with Crippen molar-refractivity contribution in [1.29, 1.82) is 0 Å². The molecule has 1 aliphatic carbocycles. The number of anilines is 1. The second-order valence-corrected chi connectivity index (χ2v) is 5.88. The minimum atomic E-state index is -0.534. The fourth-order valence-electron chi connectivity index (χ4n) is 2.55. The van der Waals surface area contributed by atoms with Crippen LogP contribution in [0.15, 0.2) is 18.2 Å². The summed E-state index contributed by atoms with van der Waals surface area (Å²) in [6, 6.07) is 4.73. The number of rotatable bonds is 5. The van der Waals surface area contributed by atoms with E-state index in [-0.39, 0.29) is 21.9 Å². The van der Waals surface area contributed by atoms with Gasteiger partial charge in [-0.15, -0.1) is 0 Å². The molecule has 0 atom stereocenters. The number of ether oxygens (including phenoxy) is 1. The van der Waals surface area contributed by atoms with Gasteiger partial charge in [0, 0.05) is 12.1 Å². The van der Waals surface area contributed by atoms with Gasteiger partial charge in [-0.05, 0) is 43.0 Å². The third-order valence-corrected chi connectivity index (χ3v) is 4.37. The largest absolute Gasteiger partial charge is 0.465 e. The van der Waals surface area contributed by atoms with E-state index in [4.69, 9.17) is 17.3 Å². The summed E-state index contributed by atoms with van der Waals surface area (Å²) in [5.74, 6) is -0.633. The standard InChI is InChI=1S/C15H19ClN2O3/c1-21-14(20)11-7-10(3-4-12(11)16)18-13(19)8-15(9-17)5-2-6-15/h3-4,7H,2,5-6,8-9,17H2,1H3,(H,18,19). The molecule has 3 N–H and O–H groups in total. The monoisotopic (exact) mass is 310 g/mol. The van der Waals surface area contributed by atoms with Gasteiger partial charge in [0.2, 0.25) is 5.91 Å². The lowest BCUT2D eigenvalue weighted by Crippen LogP contribution is -2.40. The maximum atomic E-state index is 12.1. The van der Waals surface area contributed by atoms with E-state index >= 15 is 0 Å². The molecular weight excluding hydrogens is 292 g/mol. The van der Waals surface area contributed by atoms with Crippen molar-refractivity contribution in [3.05, 3.63) is 28.8 Å². The molecule has 114 valence electrons. The van der Waals surface area contributed by atoms with Crippen LogP contribution in [0, 0.1) is 5.41 Å². The lowest BCUT2D eigenvalue weighted by Gasteiger charge is -2.40. The fraction of sp³-hybridized carbons (Fsp3) is 0.467. The van der Waals surface area contributed by atoms with Gasteiger partial charge in [-0.25, -0.2) is 4.79 Å². The summed E-state index contributed by atoms with van der Waals surface area (Å²) in [6.45, 7) is 0.522. The zero-order valence-electron chi connectivity index (χ0n) is 11.9. The molecular formula is C15H19ClN2O3. The van der Waals surface area contributed by atoms with Crippen molar-refractivity contribution in [2.24, 2.45) is 11.1 Å². The SMILES string of the molecule is COC(=O)c1cc(NC(=O)CC2(CN)CCC2)ccc1Cl. The molecule has 5 nitrogen and oxygen atoms in total. The smallest absolute Gasteiger partial charge is 0.339 e. The number of hydrogen-bond donors (Lipinski definition) is 2. The van der Waals surface area contributed by atoms with Crippen LogP contribution in [0.3, 0.4) is 0 Å². The Hall–Kier alpha value is -1.59. The van der Waals surface area contributed by atoms with Gasteiger partial charge in [-0.3, -0.25) is 4.79 Å². The number of amides is 1. The molecule has 1 aliphatic rings. The number of hydrogen-bond acceptors (Lipinski definition) is 4. The Morgan fingerprint density at radius 1 is 1.43 bits per heavy atom. The molecule has 0 bridgehead atoms. The Labute approximate surface area is 128 Å². The molecule has 1 fully saturated rings. The van der Waals surface area contributed by atoms with Crippen molar-refractivity contribution < 1.29 is 14.3 Å². The van der Waals surface area contributed by atoms with E-state index in [2.05, 4.69) is 10.1 Å². The van der Waals surface area contributed by atoms with E-state index in [9.17, 15) is 9.59 Å². The summed E-state index contributed by atoms with van der Waals surface area (Å²) in [7, 11) is 1.28. The first kappa shape index (κ1) is 15.8. The van der Waals surface area contributed by atoms with Gasteiger partial charge in [0.1, 0.15) is 0 Å². The van der Waals surface area contributed by atoms with Crippen LogP contribution in [-0.2, 0) is 9.53 Å². The first-order valence-electron chi connectivity index (χ1n) is 6.87. The molecule has 1 saturated carbocycles. The molecule has 0 radical (unpaired) electrons. The normalized spacial score (nSPS) is 16.0. The summed E-state index contributed by atoms with van der Waals surface area (Å²) in [4.78, 5) is 23.7. The number of benzene rings is 1. The molecule has 0 aromatic heterocycles. The van der Waals surface area contributed by atoms with Gasteiger partial charge in [-0.2, -0.15) is 0 Å². The number of halogens is 1. The Morgan fingerprint density at radius 2 is 2.14 bits per heavy atom. The van der Waals surface area contributed by atoms with Crippen molar-refractivity contribution in [1.82, 2.24) is 0 Å². The molecule has 0 saturated heterocycles. The Kier molecular flexibility index (Phi) is 4.85. The molecule has 0 spiro atoms. The van der Waals surface area contributed by atoms with Gasteiger partial charge in [-0.1, -0.05) is 18.0 Å². The summed E-state index contributed by atoms with van der Waals surface area (Å²) in [5, 5.41) is 3.07. The van der Waals surface area contributed by atoms with Gasteiger partial charge in [0.25, 0.3) is 0 Å². The van der Waals surface area contributed by atoms with E-state index in [1.807, 2.05) is 0 Å². The zero-order valence-corrected chi connectivity index (χ0v) is 12.7. The van der Waals surface area contributed by atoms with Crippen molar-refractivity contribution >= 4 is 29.2 Å². The average molecular weight is 311 g/mol. The fourth-order valence-corrected chi connectivity index (χ4v) is 2.74. The van der Waals surface area contributed by atoms with Crippen molar-refractivity contribution in [2.45, 2.75) is 25.7 Å². The molecule has 0 unspecified atom stereocenters. The summed E-state index contributed by atoms with van der Waals surface area (Å²) < 4.78 is 4.65. The first-order chi connectivity index (χ1) is 9.99. The van der Waals surface area contributed by atoms with Crippen molar-refractivity contribution in [3.8, 4) is 0 Å². The molecule has 0 heterocycles. The van der Waals surface area contributed by atoms with Crippen LogP contribution < -0.4 is 11.1 Å². The predicted molar refractivity (Wildman–Crippen MR) is 81.4 cm³/mol. The minimum Gasteiger partial charge on any atom is -0.465 e. The van der Waals surface area contributed by atoms with Crippen LogP contribution >= 0.6 is 11.6 Å². The molecule has 6 heteroatoms. The third kappa shape index (κ3) is 3.54. The van der Waals surface area contributed by atoms with Crippen LogP contribution in [0.4, 0.5) is 5.69 Å². The van der Waals surface area contributed by atoms with Crippen molar-refractivity contribution in [2.75, 3.05) is 19.0 Å². The second-order valence-electron chi connectivity index (χ2n) is 5.47. The Bertz CT molecular complexity index is 550. The number of nitrogens with two attached hydrogens (primary N) is 1. The Morgan fingerprint density at radius 3 is 2.67 bits per heavy atom. The summed E-state index contributed by atoms with van der Waals surface area (Å²) in [5.41, 5.74) is 6.45. The highest BCUT2D eigenvalue weighted by Crippen LogP contribution is 2.43. The quantitative estimate of drug-likeness (QED) is 0.819. The van der Waals surface area contributed by atoms with E-state index in [0.29, 0.717) is 18.7 Å². The van der Waals surface area contributed by atoms with E-state index in [1.165, 1.54) is 13.2 Å². The summed E-state index contributed by atoms with van der Waals surface area (Å²) >= 11 is 5.94. The number of methoxy groups -OCH3 is 1. The van der Waals surface area contributed by atoms with Gasteiger partial charge >= 0.3 is 5.97 Å². The second kappa shape index (κ2) is 6.45. The van der Waals surface area contributed by atoms with Gasteiger partial charge in [0.15, 0.2) is 0 Å². The molecule has 21 heavy (non-hydrogen) atoms. The summed E-state index contributed by atoms with van der Waals surface area (Å²) in [6.07, 6.45) is 3.51. The first-order valence-corrected chi connectivity index (χ1v) is 7.25. The van der Waals surface area contributed by atoms with E-state index < -0.39 is 5.97 Å². The van der Waals surface area contributed by atoms with Crippen LogP contribution in [0.25, 0.3) is 0 Å². The maximum absolute atomic E-state index is 12.1. The van der Waals surface area contributed by atoms with Crippen LogP contribution in [-0.4, -0.2) is 25.5 Å². The molecule has 1 aromatic rings. The van der Waals surface area contributed by atoms with E-state index in [0.717, 1.165) is 19.3 Å². The third-order valence-electron chi connectivity index (χ3n) is 4.04. The lowest BCUT2D eigenvalue weighted by molar-refractivity contribution is -0.119. The van der Waals surface area contributed by atoms with Crippen LogP contribution in [0.2, 0.25) is 5.02 Å². The lowest BCUT2D eigenvalue weighted by atomic mass is 9.66. The highest BCUT2D eigenvalue weighted by atomic mass is 35.5. The van der Waals surface area contributed by atoms with Gasteiger partial charge < -0.3 is 15.8 Å². The average Bonchev–Trinajstić information content (AvgIpc) is 2.44. The number of carbonyl (C=O) groups excluding carboxylic acids is 2. The maximum Gasteiger partial charge on any atom is 0.339 e. The van der Waals surface area contributed by atoms with Crippen LogP contribution in [0.1, 0.15) is 36.0 Å². The topological polar surface area (TPSA) is 81.4 Å². The highest BCUT2D eigenvalue weighted by Gasteiger charge is 2.37. The Balaban J connectivity index is 2.05. The molecule has 0 aliphatic heterocycles. The zero-order chi connectivity index (χ0) is 15.5. The molecule has 2 rings (SSSR count). The van der Waals surface area contributed by atoms with E-state index in [1.54, 1.807) is 12.1 Å². The number of carbonyl (C=O) groups is 2. The number of esters is 1. The van der Waals surface area contributed by atoms with Gasteiger partial charge in [0.05, 0.1) is 17.7 Å².